The number of ether oxygens (including phenoxy) is 1. The topological polar surface area (TPSA) is 32.8 Å². The minimum Gasteiger partial charge on any atom is -0.459 e. The van der Waals surface area contributed by atoms with Gasteiger partial charge in [-0.3, -0.25) is 14.6 Å². The Kier molecular flexibility index (Phi) is 6.63. The van der Waals surface area contributed by atoms with Gasteiger partial charge in [-0.05, 0) is 94.2 Å². The summed E-state index contributed by atoms with van der Waals surface area (Å²) in [5.41, 5.74) is 0.588. The monoisotopic (exact) mass is 382 g/mol. The fraction of sp³-hybridized carbons (Fsp3) is 0.957. The maximum Gasteiger partial charge on any atom is 0.326 e. The normalized spacial score (nSPS) is 35.0. The summed E-state index contributed by atoms with van der Waals surface area (Å²) in [6.45, 7) is 24.3. The molecule has 0 bridgehead atoms. The SMILES string of the molecule is CCC1(C)C(C)OC(=O)C(C)(C)N1C.CN1C(C)(C)CC(C)(C)CC1(C)C. The van der Waals surface area contributed by atoms with Crippen molar-refractivity contribution in [1.82, 2.24) is 9.80 Å². The largest absolute Gasteiger partial charge is 0.459 e. The third kappa shape index (κ3) is 4.70. The lowest BCUT2D eigenvalue weighted by atomic mass is 9.66. The molecule has 2 saturated heterocycles. The van der Waals surface area contributed by atoms with Gasteiger partial charge in [-0.2, -0.15) is 0 Å². The molecule has 0 spiro atoms. The number of rotatable bonds is 1. The molecular formula is C23H46N2O2. The van der Waals surface area contributed by atoms with E-state index in [4.69, 9.17) is 4.74 Å². The Morgan fingerprint density at radius 3 is 1.67 bits per heavy atom. The Labute approximate surface area is 169 Å². The minimum atomic E-state index is -0.517. The van der Waals surface area contributed by atoms with Gasteiger partial charge in [0.25, 0.3) is 0 Å². The Balaban J connectivity index is 0.000000271. The van der Waals surface area contributed by atoms with Gasteiger partial charge in [-0.15, -0.1) is 0 Å². The third-order valence-electron chi connectivity index (χ3n) is 7.62. The van der Waals surface area contributed by atoms with Crippen molar-refractivity contribution in [3.8, 4) is 0 Å². The van der Waals surface area contributed by atoms with E-state index < -0.39 is 5.54 Å². The smallest absolute Gasteiger partial charge is 0.326 e. The summed E-state index contributed by atoms with van der Waals surface area (Å²) in [6, 6.07) is 0. The van der Waals surface area contributed by atoms with Crippen molar-refractivity contribution < 1.29 is 9.53 Å². The van der Waals surface area contributed by atoms with Gasteiger partial charge in [-0.25, -0.2) is 0 Å². The molecule has 0 saturated carbocycles. The highest BCUT2D eigenvalue weighted by molar-refractivity contribution is 5.81. The molecule has 2 aliphatic rings. The third-order valence-corrected chi connectivity index (χ3v) is 7.62. The first-order valence-corrected chi connectivity index (χ1v) is 10.5. The van der Waals surface area contributed by atoms with E-state index in [2.05, 4.69) is 72.2 Å². The first kappa shape index (κ1) is 24.4. The number of esters is 1. The molecule has 0 aromatic rings. The van der Waals surface area contributed by atoms with E-state index in [1.165, 1.54) is 12.8 Å². The second kappa shape index (κ2) is 7.33. The Morgan fingerprint density at radius 1 is 0.889 bits per heavy atom. The molecule has 2 unspecified atom stereocenters. The van der Waals surface area contributed by atoms with Crippen molar-refractivity contribution in [3.05, 3.63) is 0 Å². The molecule has 0 amide bonds. The molecule has 2 rings (SSSR count). The van der Waals surface area contributed by atoms with Crippen LogP contribution in [0.2, 0.25) is 0 Å². The lowest BCUT2D eigenvalue weighted by molar-refractivity contribution is -0.194. The van der Waals surface area contributed by atoms with E-state index >= 15 is 0 Å². The second-order valence-corrected chi connectivity index (χ2v) is 11.6. The number of hydrogen-bond acceptors (Lipinski definition) is 4. The van der Waals surface area contributed by atoms with Crippen LogP contribution >= 0.6 is 0 Å². The molecule has 0 radical (unpaired) electrons. The first-order chi connectivity index (χ1) is 11.8. The maximum absolute atomic E-state index is 11.7. The number of carbonyl (C=O) groups excluding carboxylic acids is 1. The average Bonchev–Trinajstić information content (AvgIpc) is 2.48. The summed E-state index contributed by atoms with van der Waals surface area (Å²) in [5, 5.41) is 0. The predicted molar refractivity (Wildman–Crippen MR) is 115 cm³/mol. The number of nitrogens with zero attached hydrogens (tertiary/aromatic N) is 2. The molecule has 2 heterocycles. The molecule has 0 aromatic carbocycles. The number of hydrogen-bond donors (Lipinski definition) is 0. The lowest BCUT2D eigenvalue weighted by Crippen LogP contribution is -2.68. The number of piperidine rings is 1. The van der Waals surface area contributed by atoms with Gasteiger partial charge in [0.2, 0.25) is 0 Å². The van der Waals surface area contributed by atoms with Crippen molar-refractivity contribution in [1.29, 1.82) is 0 Å². The zero-order valence-corrected chi connectivity index (χ0v) is 20.4. The summed E-state index contributed by atoms with van der Waals surface area (Å²) >= 11 is 0. The summed E-state index contributed by atoms with van der Waals surface area (Å²) in [7, 11) is 4.26. The molecule has 2 atom stereocenters. The fourth-order valence-corrected chi connectivity index (χ4v) is 5.47. The van der Waals surface area contributed by atoms with E-state index in [1.807, 2.05) is 27.8 Å². The standard InChI is InChI=1S/C12H25N.C11H21NO2/c1-10(2)8-11(3,4)13(7)12(5,6)9-10;1-7-11(5)8(2)14-9(13)10(3,4)12(11)6/h8-9H2,1-7H3;8H,7H2,1-6H3. The number of carbonyl (C=O) groups is 1. The zero-order chi connectivity index (χ0) is 21.6. The van der Waals surface area contributed by atoms with Gasteiger partial charge >= 0.3 is 5.97 Å². The average molecular weight is 383 g/mol. The Hall–Kier alpha value is -0.610. The Bertz CT molecular complexity index is 531. The predicted octanol–water partition coefficient (Wildman–Crippen LogP) is 5.11. The maximum atomic E-state index is 11.7. The van der Waals surface area contributed by atoms with Crippen LogP contribution in [0.1, 0.15) is 95.4 Å². The van der Waals surface area contributed by atoms with E-state index in [0.29, 0.717) is 16.5 Å². The lowest BCUT2D eigenvalue weighted by Gasteiger charge is -2.56. The summed E-state index contributed by atoms with van der Waals surface area (Å²) in [6.07, 6.45) is 3.51. The highest BCUT2D eigenvalue weighted by Crippen LogP contribution is 2.46. The zero-order valence-electron chi connectivity index (χ0n) is 20.4. The van der Waals surface area contributed by atoms with Gasteiger partial charge in [-0.1, -0.05) is 20.8 Å². The van der Waals surface area contributed by atoms with Gasteiger partial charge < -0.3 is 4.74 Å². The molecule has 4 heteroatoms. The van der Waals surface area contributed by atoms with Crippen LogP contribution in [0.15, 0.2) is 0 Å². The summed E-state index contributed by atoms with van der Waals surface area (Å²) in [5.74, 6) is -0.126. The van der Waals surface area contributed by atoms with Crippen molar-refractivity contribution >= 4 is 5.97 Å². The van der Waals surface area contributed by atoms with Crippen molar-refractivity contribution in [2.24, 2.45) is 5.41 Å². The van der Waals surface area contributed by atoms with Crippen LogP contribution in [0, 0.1) is 5.41 Å². The van der Waals surface area contributed by atoms with Crippen LogP contribution in [0.3, 0.4) is 0 Å². The van der Waals surface area contributed by atoms with Gasteiger partial charge in [0.1, 0.15) is 11.6 Å². The molecule has 160 valence electrons. The number of likely N-dealkylation sites (N-methyl/N-ethyl adjacent to an activating group) is 1. The van der Waals surface area contributed by atoms with E-state index in [-0.39, 0.29) is 17.6 Å². The summed E-state index contributed by atoms with van der Waals surface area (Å²) < 4.78 is 5.40. The molecule has 2 fully saturated rings. The number of morpholine rings is 1. The van der Waals surface area contributed by atoms with Crippen LogP contribution in [0.5, 0.6) is 0 Å². The van der Waals surface area contributed by atoms with Crippen molar-refractivity contribution in [2.75, 3.05) is 14.1 Å². The van der Waals surface area contributed by atoms with Gasteiger partial charge in [0, 0.05) is 11.1 Å². The summed E-state index contributed by atoms with van der Waals surface area (Å²) in [4.78, 5) is 16.3. The quantitative estimate of drug-likeness (QED) is 0.590. The molecule has 0 N–H and O–H groups in total. The Morgan fingerprint density at radius 2 is 1.30 bits per heavy atom. The number of cyclic esters (lactones) is 1. The van der Waals surface area contributed by atoms with Crippen molar-refractivity contribution in [2.45, 2.75) is 124 Å². The van der Waals surface area contributed by atoms with Crippen LogP contribution in [0.25, 0.3) is 0 Å². The van der Waals surface area contributed by atoms with Crippen LogP contribution in [0.4, 0.5) is 0 Å². The molecule has 2 aliphatic heterocycles. The van der Waals surface area contributed by atoms with E-state index in [0.717, 1.165) is 6.42 Å². The van der Waals surface area contributed by atoms with E-state index in [9.17, 15) is 4.79 Å². The molecule has 0 aromatic heterocycles. The van der Waals surface area contributed by atoms with Gasteiger partial charge in [0.05, 0.1) is 5.54 Å². The van der Waals surface area contributed by atoms with Gasteiger partial charge in [0.15, 0.2) is 0 Å². The molecular weight excluding hydrogens is 336 g/mol. The highest BCUT2D eigenvalue weighted by atomic mass is 16.6. The molecule has 4 nitrogen and oxygen atoms in total. The van der Waals surface area contributed by atoms with Crippen molar-refractivity contribution in [3.63, 3.8) is 0 Å². The fourth-order valence-electron chi connectivity index (χ4n) is 5.47. The molecule has 0 aliphatic carbocycles. The van der Waals surface area contributed by atoms with Crippen LogP contribution < -0.4 is 0 Å². The van der Waals surface area contributed by atoms with Crippen LogP contribution in [-0.2, 0) is 9.53 Å². The van der Waals surface area contributed by atoms with E-state index in [1.54, 1.807) is 0 Å². The second-order valence-electron chi connectivity index (χ2n) is 11.6. The number of likely N-dealkylation sites (tertiary alicyclic amines) is 1. The molecule has 27 heavy (non-hydrogen) atoms. The minimum absolute atomic E-state index is 0.0435. The van der Waals surface area contributed by atoms with Crippen LogP contribution in [-0.4, -0.2) is 58.1 Å². The first-order valence-electron chi connectivity index (χ1n) is 10.5. The highest BCUT2D eigenvalue weighted by Gasteiger charge is 2.51.